The lowest BCUT2D eigenvalue weighted by Gasteiger charge is -2.26. The quantitative estimate of drug-likeness (QED) is 0.894. The van der Waals surface area contributed by atoms with E-state index in [1.165, 1.54) is 15.3 Å². The van der Waals surface area contributed by atoms with Gasteiger partial charge in [0.2, 0.25) is 0 Å². The van der Waals surface area contributed by atoms with Crippen LogP contribution in [0.15, 0.2) is 40.9 Å². The average Bonchev–Trinajstić information content (AvgIpc) is 2.80. The number of nitrogens with two attached hydrogens (primary N) is 1. The fourth-order valence-electron chi connectivity index (χ4n) is 2.13. The molecule has 2 nitrogen and oxygen atoms in total. The zero-order valence-electron chi connectivity index (χ0n) is 11.3. The smallest absolute Gasteiger partial charge is 0.0564 e. The molecule has 4 heteroatoms. The Morgan fingerprint density at radius 3 is 2.42 bits per heavy atom. The predicted molar refractivity (Wildman–Crippen MR) is 86.5 cm³/mol. The number of aryl methyl sites for hydroxylation is 1. The van der Waals surface area contributed by atoms with E-state index in [1.54, 1.807) is 0 Å². The predicted octanol–water partition coefficient (Wildman–Crippen LogP) is 3.95. The molecule has 1 atom stereocenters. The molecular formula is C15H19BrN2S. The van der Waals surface area contributed by atoms with Crippen LogP contribution in [-0.4, -0.2) is 18.5 Å². The van der Waals surface area contributed by atoms with Crippen molar-refractivity contribution in [3.8, 4) is 0 Å². The largest absolute Gasteiger partial charge is 0.329 e. The van der Waals surface area contributed by atoms with Crippen molar-refractivity contribution < 1.29 is 0 Å². The molecule has 1 aromatic carbocycles. The summed E-state index contributed by atoms with van der Waals surface area (Å²) in [6.45, 7) is 3.69. The number of likely N-dealkylation sites (N-methyl/N-ethyl adjacent to an activating group) is 1. The molecule has 2 rings (SSSR count). The van der Waals surface area contributed by atoms with Crippen LogP contribution < -0.4 is 5.73 Å². The van der Waals surface area contributed by atoms with Crippen LogP contribution >= 0.6 is 27.3 Å². The maximum atomic E-state index is 5.95. The van der Waals surface area contributed by atoms with Gasteiger partial charge in [0.15, 0.2) is 0 Å². The van der Waals surface area contributed by atoms with E-state index in [1.807, 2.05) is 11.3 Å². The zero-order chi connectivity index (χ0) is 13.8. The summed E-state index contributed by atoms with van der Waals surface area (Å²) in [6.07, 6.45) is 0. The normalized spacial score (nSPS) is 12.9. The molecular weight excluding hydrogens is 320 g/mol. The SMILES string of the molecule is Cc1ccc(C(CN)N(C)Cc2ccc(Br)cc2)s1. The molecule has 1 heterocycles. The number of benzene rings is 1. The first-order valence-electron chi connectivity index (χ1n) is 6.31. The van der Waals surface area contributed by atoms with Gasteiger partial charge in [-0.1, -0.05) is 28.1 Å². The van der Waals surface area contributed by atoms with Gasteiger partial charge < -0.3 is 5.73 Å². The third-order valence-corrected chi connectivity index (χ3v) is 4.82. The average molecular weight is 339 g/mol. The Bertz CT molecular complexity index is 521. The summed E-state index contributed by atoms with van der Waals surface area (Å²) in [5.41, 5.74) is 7.25. The second-order valence-electron chi connectivity index (χ2n) is 4.74. The molecule has 0 fully saturated rings. The van der Waals surface area contributed by atoms with Gasteiger partial charge in [-0.25, -0.2) is 0 Å². The Hall–Kier alpha value is -0.680. The van der Waals surface area contributed by atoms with Gasteiger partial charge >= 0.3 is 0 Å². The summed E-state index contributed by atoms with van der Waals surface area (Å²) in [6, 6.07) is 13.1. The van der Waals surface area contributed by atoms with E-state index < -0.39 is 0 Å². The molecule has 0 aliphatic carbocycles. The van der Waals surface area contributed by atoms with Crippen LogP contribution in [0.3, 0.4) is 0 Å². The van der Waals surface area contributed by atoms with Crippen LogP contribution in [0, 0.1) is 6.92 Å². The van der Waals surface area contributed by atoms with E-state index in [4.69, 9.17) is 5.73 Å². The van der Waals surface area contributed by atoms with Crippen molar-refractivity contribution in [2.24, 2.45) is 5.73 Å². The van der Waals surface area contributed by atoms with Crippen molar-refractivity contribution in [3.05, 3.63) is 56.2 Å². The second kappa shape index (κ2) is 6.66. The van der Waals surface area contributed by atoms with Crippen molar-refractivity contribution in [1.29, 1.82) is 0 Å². The molecule has 0 amide bonds. The first-order valence-corrected chi connectivity index (χ1v) is 7.92. The lowest BCUT2D eigenvalue weighted by molar-refractivity contribution is 0.245. The summed E-state index contributed by atoms with van der Waals surface area (Å²) in [7, 11) is 2.13. The topological polar surface area (TPSA) is 29.3 Å². The molecule has 2 N–H and O–H groups in total. The number of hydrogen-bond acceptors (Lipinski definition) is 3. The summed E-state index contributed by atoms with van der Waals surface area (Å²) in [5.74, 6) is 0. The maximum Gasteiger partial charge on any atom is 0.0564 e. The summed E-state index contributed by atoms with van der Waals surface area (Å²) in [5, 5.41) is 0. The van der Waals surface area contributed by atoms with Gasteiger partial charge in [-0.05, 0) is 43.8 Å². The number of nitrogens with zero attached hydrogens (tertiary/aromatic N) is 1. The minimum atomic E-state index is 0.294. The molecule has 0 saturated carbocycles. The molecule has 0 aliphatic rings. The third-order valence-electron chi connectivity index (χ3n) is 3.19. The number of halogens is 1. The Morgan fingerprint density at radius 1 is 1.21 bits per heavy atom. The van der Waals surface area contributed by atoms with E-state index in [0.29, 0.717) is 12.6 Å². The van der Waals surface area contributed by atoms with E-state index in [-0.39, 0.29) is 0 Å². The second-order valence-corrected chi connectivity index (χ2v) is 6.98. The molecule has 0 radical (unpaired) electrons. The zero-order valence-corrected chi connectivity index (χ0v) is 13.7. The van der Waals surface area contributed by atoms with Crippen molar-refractivity contribution in [2.75, 3.05) is 13.6 Å². The minimum Gasteiger partial charge on any atom is -0.329 e. The molecule has 2 aromatic rings. The fourth-order valence-corrected chi connectivity index (χ4v) is 3.45. The van der Waals surface area contributed by atoms with Crippen LogP contribution in [0.4, 0.5) is 0 Å². The summed E-state index contributed by atoms with van der Waals surface area (Å²) in [4.78, 5) is 5.00. The fraction of sp³-hybridized carbons (Fsp3) is 0.333. The van der Waals surface area contributed by atoms with Crippen molar-refractivity contribution in [2.45, 2.75) is 19.5 Å². The highest BCUT2D eigenvalue weighted by atomic mass is 79.9. The number of hydrogen-bond donors (Lipinski definition) is 1. The molecule has 1 unspecified atom stereocenters. The van der Waals surface area contributed by atoms with E-state index in [0.717, 1.165) is 11.0 Å². The van der Waals surface area contributed by atoms with Crippen molar-refractivity contribution in [3.63, 3.8) is 0 Å². The highest BCUT2D eigenvalue weighted by Gasteiger charge is 2.17. The van der Waals surface area contributed by atoms with Crippen LogP contribution in [-0.2, 0) is 6.54 Å². The third kappa shape index (κ3) is 3.89. The van der Waals surface area contributed by atoms with E-state index in [9.17, 15) is 0 Å². The van der Waals surface area contributed by atoms with Crippen LogP contribution in [0.5, 0.6) is 0 Å². The van der Waals surface area contributed by atoms with E-state index >= 15 is 0 Å². The van der Waals surface area contributed by atoms with Gasteiger partial charge in [0.1, 0.15) is 0 Å². The van der Waals surface area contributed by atoms with Crippen LogP contribution in [0.2, 0.25) is 0 Å². The van der Waals surface area contributed by atoms with Gasteiger partial charge in [-0.3, -0.25) is 4.90 Å². The highest BCUT2D eigenvalue weighted by molar-refractivity contribution is 9.10. The Balaban J connectivity index is 2.08. The first-order chi connectivity index (χ1) is 9.10. The Labute approximate surface area is 127 Å². The Morgan fingerprint density at radius 2 is 1.89 bits per heavy atom. The van der Waals surface area contributed by atoms with Gasteiger partial charge in [0.25, 0.3) is 0 Å². The Kier molecular flexibility index (Phi) is 5.16. The van der Waals surface area contributed by atoms with Gasteiger partial charge in [0.05, 0.1) is 6.04 Å². The molecule has 0 aliphatic heterocycles. The summed E-state index contributed by atoms with van der Waals surface area (Å²) >= 11 is 5.29. The molecule has 19 heavy (non-hydrogen) atoms. The van der Waals surface area contributed by atoms with Crippen LogP contribution in [0.1, 0.15) is 21.4 Å². The molecule has 0 bridgehead atoms. The van der Waals surface area contributed by atoms with Gasteiger partial charge in [-0.15, -0.1) is 11.3 Å². The lowest BCUT2D eigenvalue weighted by atomic mass is 10.1. The van der Waals surface area contributed by atoms with Gasteiger partial charge in [-0.2, -0.15) is 0 Å². The highest BCUT2D eigenvalue weighted by Crippen LogP contribution is 2.27. The lowest BCUT2D eigenvalue weighted by Crippen LogP contribution is -2.29. The molecule has 0 saturated heterocycles. The van der Waals surface area contributed by atoms with Crippen LogP contribution in [0.25, 0.3) is 0 Å². The number of rotatable bonds is 5. The minimum absolute atomic E-state index is 0.294. The number of thiophene rings is 1. The standard InChI is InChI=1S/C15H19BrN2S/c1-11-3-8-15(19-11)14(9-17)18(2)10-12-4-6-13(16)7-5-12/h3-8,14H,9-10,17H2,1-2H3. The van der Waals surface area contributed by atoms with E-state index in [2.05, 4.69) is 71.2 Å². The van der Waals surface area contributed by atoms with Gasteiger partial charge in [0, 0.05) is 27.3 Å². The monoisotopic (exact) mass is 338 g/mol. The molecule has 1 aromatic heterocycles. The summed E-state index contributed by atoms with van der Waals surface area (Å²) < 4.78 is 1.11. The van der Waals surface area contributed by atoms with Crippen molar-refractivity contribution in [1.82, 2.24) is 4.90 Å². The molecule has 0 spiro atoms. The maximum absolute atomic E-state index is 5.95. The molecule has 102 valence electrons. The first kappa shape index (κ1) is 14.7. The van der Waals surface area contributed by atoms with Crippen molar-refractivity contribution >= 4 is 27.3 Å².